The fourth-order valence-electron chi connectivity index (χ4n) is 2.05. The Labute approximate surface area is 124 Å². The predicted octanol–water partition coefficient (Wildman–Crippen LogP) is 2.81. The minimum absolute atomic E-state index is 0.319. The molecule has 110 valence electrons. The normalized spacial score (nSPS) is 11.8. The Balaban J connectivity index is 2.11. The zero-order chi connectivity index (χ0) is 15.2. The van der Waals surface area contributed by atoms with E-state index in [0.717, 1.165) is 11.1 Å². The van der Waals surface area contributed by atoms with Crippen LogP contribution in [0.15, 0.2) is 48.5 Å². The second-order valence-electron chi connectivity index (χ2n) is 4.91. The van der Waals surface area contributed by atoms with Gasteiger partial charge in [0.1, 0.15) is 5.75 Å². The number of nitrogens with one attached hydrogen (secondary N) is 1. The predicted molar refractivity (Wildman–Crippen MR) is 83.7 cm³/mol. The number of rotatable bonds is 5. The van der Waals surface area contributed by atoms with Gasteiger partial charge in [-0.3, -0.25) is 10.2 Å². The van der Waals surface area contributed by atoms with Crippen molar-refractivity contribution >= 4 is 5.91 Å². The molecule has 1 atom stereocenters. The molecule has 0 aromatic heterocycles. The Morgan fingerprint density at radius 1 is 1.10 bits per heavy atom. The van der Waals surface area contributed by atoms with E-state index in [1.807, 2.05) is 31.2 Å². The van der Waals surface area contributed by atoms with Crippen LogP contribution in [0.25, 0.3) is 11.1 Å². The summed E-state index contributed by atoms with van der Waals surface area (Å²) in [5.41, 5.74) is 5.61. The smallest absolute Gasteiger partial charge is 0.274 e. The quantitative estimate of drug-likeness (QED) is 0.504. The number of hydrogen-bond acceptors (Lipinski definition) is 3. The molecular weight excluding hydrogens is 264 g/mol. The second kappa shape index (κ2) is 6.90. The molecule has 3 N–H and O–H groups in total. The number of hydrazine groups is 1. The van der Waals surface area contributed by atoms with Gasteiger partial charge in [0.15, 0.2) is 6.10 Å². The molecule has 0 spiro atoms. The number of nitrogens with two attached hydrogens (primary N) is 1. The number of amides is 1. The number of hydrogen-bond donors (Lipinski definition) is 2. The average Bonchev–Trinajstić information content (AvgIpc) is 2.53. The second-order valence-corrected chi connectivity index (χ2v) is 4.91. The minimum Gasteiger partial charge on any atom is -0.481 e. The lowest BCUT2D eigenvalue weighted by atomic mass is 10.0. The van der Waals surface area contributed by atoms with Crippen molar-refractivity contribution in [3.63, 3.8) is 0 Å². The molecule has 0 heterocycles. The van der Waals surface area contributed by atoms with Gasteiger partial charge in [0.05, 0.1) is 0 Å². The van der Waals surface area contributed by atoms with Crippen LogP contribution in [0.5, 0.6) is 5.75 Å². The van der Waals surface area contributed by atoms with Crippen LogP contribution < -0.4 is 16.0 Å². The summed E-state index contributed by atoms with van der Waals surface area (Å²) in [4.78, 5) is 11.5. The van der Waals surface area contributed by atoms with Crippen molar-refractivity contribution in [1.29, 1.82) is 0 Å². The van der Waals surface area contributed by atoms with E-state index in [4.69, 9.17) is 10.6 Å². The van der Waals surface area contributed by atoms with Crippen LogP contribution in [0.2, 0.25) is 0 Å². The summed E-state index contributed by atoms with van der Waals surface area (Å²) in [5, 5.41) is 0. The van der Waals surface area contributed by atoms with Crippen LogP contribution in [0.4, 0.5) is 0 Å². The standard InChI is InChI=1S/C17H20N2O2/c1-3-16(17(20)19-18)21-15-10-8-14(9-11-15)13-6-4-12(2)5-7-13/h4-11,16H,3,18H2,1-2H3,(H,19,20). The fraction of sp³-hybridized carbons (Fsp3) is 0.235. The first kappa shape index (κ1) is 15.1. The maximum Gasteiger partial charge on any atom is 0.274 e. The van der Waals surface area contributed by atoms with Crippen LogP contribution >= 0.6 is 0 Å². The van der Waals surface area contributed by atoms with Crippen LogP contribution in [0.3, 0.4) is 0 Å². The summed E-state index contributed by atoms with van der Waals surface area (Å²) in [6.45, 7) is 3.94. The van der Waals surface area contributed by atoms with Gasteiger partial charge in [0.2, 0.25) is 0 Å². The van der Waals surface area contributed by atoms with Crippen molar-refractivity contribution in [3.05, 3.63) is 54.1 Å². The lowest BCUT2D eigenvalue weighted by Crippen LogP contribution is -2.41. The highest BCUT2D eigenvalue weighted by Gasteiger charge is 2.16. The zero-order valence-corrected chi connectivity index (χ0v) is 12.3. The average molecular weight is 284 g/mol. The molecule has 0 fully saturated rings. The molecular formula is C17H20N2O2. The molecule has 0 saturated heterocycles. The van der Waals surface area contributed by atoms with E-state index in [9.17, 15) is 4.79 Å². The van der Waals surface area contributed by atoms with Gasteiger partial charge in [-0.05, 0) is 36.6 Å². The minimum atomic E-state index is -0.569. The van der Waals surface area contributed by atoms with Crippen LogP contribution in [0.1, 0.15) is 18.9 Å². The maximum absolute atomic E-state index is 11.5. The monoisotopic (exact) mass is 284 g/mol. The van der Waals surface area contributed by atoms with Gasteiger partial charge in [0, 0.05) is 0 Å². The van der Waals surface area contributed by atoms with E-state index < -0.39 is 6.10 Å². The largest absolute Gasteiger partial charge is 0.481 e. The van der Waals surface area contributed by atoms with Crippen molar-refractivity contribution in [2.24, 2.45) is 5.84 Å². The Kier molecular flexibility index (Phi) is 4.95. The van der Waals surface area contributed by atoms with E-state index in [1.54, 1.807) is 0 Å². The molecule has 2 aromatic rings. The van der Waals surface area contributed by atoms with Crippen molar-refractivity contribution in [1.82, 2.24) is 5.43 Å². The van der Waals surface area contributed by atoms with Crippen molar-refractivity contribution in [3.8, 4) is 16.9 Å². The molecule has 4 heteroatoms. The number of carbonyl (C=O) groups excluding carboxylic acids is 1. The Hall–Kier alpha value is -2.33. The Morgan fingerprint density at radius 3 is 2.10 bits per heavy atom. The van der Waals surface area contributed by atoms with Crippen molar-refractivity contribution in [2.75, 3.05) is 0 Å². The number of benzene rings is 2. The van der Waals surface area contributed by atoms with Gasteiger partial charge in [-0.1, -0.05) is 48.9 Å². The molecule has 0 aliphatic carbocycles. The first-order valence-electron chi connectivity index (χ1n) is 6.98. The number of carbonyl (C=O) groups is 1. The summed E-state index contributed by atoms with van der Waals surface area (Å²) < 4.78 is 5.63. The lowest BCUT2D eigenvalue weighted by molar-refractivity contribution is -0.128. The van der Waals surface area contributed by atoms with Gasteiger partial charge >= 0.3 is 0 Å². The highest BCUT2D eigenvalue weighted by atomic mass is 16.5. The SMILES string of the molecule is CCC(Oc1ccc(-c2ccc(C)cc2)cc1)C(=O)NN. The molecule has 0 saturated carbocycles. The lowest BCUT2D eigenvalue weighted by Gasteiger charge is -2.16. The Morgan fingerprint density at radius 2 is 1.62 bits per heavy atom. The van der Waals surface area contributed by atoms with E-state index in [2.05, 4.69) is 36.6 Å². The summed E-state index contributed by atoms with van der Waals surface area (Å²) in [7, 11) is 0. The summed E-state index contributed by atoms with van der Waals surface area (Å²) >= 11 is 0. The molecule has 4 nitrogen and oxygen atoms in total. The van der Waals surface area contributed by atoms with Crippen LogP contribution in [-0.2, 0) is 4.79 Å². The molecule has 1 unspecified atom stereocenters. The summed E-state index contributed by atoms with van der Waals surface area (Å²) in [6, 6.07) is 16.0. The zero-order valence-electron chi connectivity index (χ0n) is 12.3. The molecule has 1 amide bonds. The third kappa shape index (κ3) is 3.83. The first-order chi connectivity index (χ1) is 10.1. The molecule has 2 rings (SSSR count). The third-order valence-corrected chi connectivity index (χ3v) is 3.32. The third-order valence-electron chi connectivity index (χ3n) is 3.32. The van der Waals surface area contributed by atoms with Gasteiger partial charge in [-0.2, -0.15) is 0 Å². The van der Waals surface area contributed by atoms with E-state index in [1.165, 1.54) is 5.56 Å². The van der Waals surface area contributed by atoms with Crippen molar-refractivity contribution in [2.45, 2.75) is 26.4 Å². The van der Waals surface area contributed by atoms with Crippen LogP contribution in [0, 0.1) is 6.92 Å². The van der Waals surface area contributed by atoms with Gasteiger partial charge < -0.3 is 4.74 Å². The summed E-state index contributed by atoms with van der Waals surface area (Å²) in [5.74, 6) is 5.47. The van der Waals surface area contributed by atoms with Gasteiger partial charge in [-0.15, -0.1) is 0 Å². The topological polar surface area (TPSA) is 64.3 Å². The molecule has 2 aromatic carbocycles. The molecule has 0 aliphatic rings. The van der Waals surface area contributed by atoms with Gasteiger partial charge in [-0.25, -0.2) is 5.84 Å². The first-order valence-corrected chi connectivity index (χ1v) is 6.98. The van der Waals surface area contributed by atoms with Gasteiger partial charge in [0.25, 0.3) is 5.91 Å². The van der Waals surface area contributed by atoms with Crippen molar-refractivity contribution < 1.29 is 9.53 Å². The molecule has 21 heavy (non-hydrogen) atoms. The van der Waals surface area contributed by atoms with Crippen LogP contribution in [-0.4, -0.2) is 12.0 Å². The molecule has 0 aliphatic heterocycles. The van der Waals surface area contributed by atoms with E-state index in [0.29, 0.717) is 12.2 Å². The number of aryl methyl sites for hydroxylation is 1. The maximum atomic E-state index is 11.5. The Bertz CT molecular complexity index is 591. The highest BCUT2D eigenvalue weighted by molar-refractivity contribution is 5.80. The summed E-state index contributed by atoms with van der Waals surface area (Å²) in [6.07, 6.45) is -0.0110. The molecule has 0 radical (unpaired) electrons. The molecule has 0 bridgehead atoms. The van der Waals surface area contributed by atoms with E-state index in [-0.39, 0.29) is 5.91 Å². The number of ether oxygens (including phenoxy) is 1. The fourth-order valence-corrected chi connectivity index (χ4v) is 2.05. The van der Waals surface area contributed by atoms with E-state index >= 15 is 0 Å². The highest BCUT2D eigenvalue weighted by Crippen LogP contribution is 2.23.